The van der Waals surface area contributed by atoms with E-state index < -0.39 is 18.1 Å². The maximum atomic E-state index is 13.5. The molecular weight excluding hydrogens is 461 g/mol. The number of benzene rings is 3. The third kappa shape index (κ3) is 6.03. The molecule has 1 aliphatic rings. The fourth-order valence-electron chi connectivity index (χ4n) is 4.62. The molecule has 1 heterocycles. The molecule has 0 radical (unpaired) electrons. The van der Waals surface area contributed by atoms with Crippen molar-refractivity contribution in [3.8, 4) is 11.5 Å². The average Bonchev–Trinajstić information content (AvgIpc) is 3.19. The van der Waals surface area contributed by atoms with Crippen LogP contribution >= 0.6 is 0 Å². The van der Waals surface area contributed by atoms with E-state index in [0.717, 1.165) is 16.7 Å². The van der Waals surface area contributed by atoms with Gasteiger partial charge in [-0.1, -0.05) is 42.5 Å². The Morgan fingerprint density at radius 3 is 2.47 bits per heavy atom. The van der Waals surface area contributed by atoms with E-state index in [1.54, 1.807) is 24.3 Å². The molecule has 0 fully saturated rings. The molecule has 36 heavy (non-hydrogen) atoms. The van der Waals surface area contributed by atoms with E-state index in [-0.39, 0.29) is 18.3 Å². The van der Waals surface area contributed by atoms with E-state index in [1.165, 1.54) is 17.0 Å². The first-order valence-electron chi connectivity index (χ1n) is 12.0. The van der Waals surface area contributed by atoms with Gasteiger partial charge < -0.3 is 19.5 Å². The Morgan fingerprint density at radius 1 is 1.08 bits per heavy atom. The highest BCUT2D eigenvalue weighted by Crippen LogP contribution is 2.44. The first-order valence-corrected chi connectivity index (χ1v) is 12.0. The summed E-state index contributed by atoms with van der Waals surface area (Å²) in [6.45, 7) is 4.09. The average molecular weight is 492 g/mol. The molecule has 1 aliphatic heterocycles. The van der Waals surface area contributed by atoms with Crippen LogP contribution in [0.3, 0.4) is 0 Å². The van der Waals surface area contributed by atoms with E-state index in [0.29, 0.717) is 42.9 Å². The number of aliphatic carboxylic acids is 1. The van der Waals surface area contributed by atoms with Crippen molar-refractivity contribution in [2.24, 2.45) is 0 Å². The summed E-state index contributed by atoms with van der Waals surface area (Å²) in [7, 11) is 0. The van der Waals surface area contributed by atoms with Gasteiger partial charge in [0, 0.05) is 30.5 Å². The largest absolute Gasteiger partial charge is 0.490 e. The van der Waals surface area contributed by atoms with Crippen molar-refractivity contribution in [1.82, 2.24) is 4.90 Å². The fraction of sp³-hybridized carbons (Fsp3) is 0.310. The second-order valence-corrected chi connectivity index (χ2v) is 9.28. The lowest BCUT2D eigenvalue weighted by Gasteiger charge is -2.24. The molecule has 0 saturated carbocycles. The van der Waals surface area contributed by atoms with Crippen LogP contribution in [0.15, 0.2) is 66.7 Å². The van der Waals surface area contributed by atoms with Crippen molar-refractivity contribution in [3.63, 3.8) is 0 Å². The van der Waals surface area contributed by atoms with Crippen molar-refractivity contribution in [1.29, 1.82) is 0 Å². The number of carbonyl (C=O) groups is 2. The Kier molecular flexibility index (Phi) is 7.58. The number of hydrogen-bond donors (Lipinski definition) is 1. The first-order chi connectivity index (χ1) is 17.3. The molecule has 0 bridgehead atoms. The lowest BCUT2D eigenvalue weighted by Crippen LogP contribution is -2.37. The number of ether oxygens (including phenoxy) is 2. The number of carbonyl (C=O) groups excluding carboxylic acids is 1. The number of amides is 1. The van der Waals surface area contributed by atoms with Gasteiger partial charge >= 0.3 is 5.97 Å². The summed E-state index contributed by atoms with van der Waals surface area (Å²) in [5.41, 5.74) is 2.55. The zero-order valence-electron chi connectivity index (χ0n) is 20.5. The van der Waals surface area contributed by atoms with Gasteiger partial charge in [0.25, 0.3) is 5.91 Å². The highest BCUT2D eigenvalue weighted by atomic mass is 19.1. The molecule has 1 amide bonds. The molecule has 0 aliphatic carbocycles. The minimum absolute atomic E-state index is 0.273. The SMILES string of the molecule is CCOc1cc(C(=O)N(CCc2ccccc2)CC(=O)O)cc2c1OC(C)(Cc1ccc(F)cc1)C2. The number of halogens is 1. The van der Waals surface area contributed by atoms with Crippen LogP contribution < -0.4 is 9.47 Å². The minimum Gasteiger partial charge on any atom is -0.490 e. The molecule has 1 unspecified atom stereocenters. The highest BCUT2D eigenvalue weighted by Gasteiger charge is 2.38. The van der Waals surface area contributed by atoms with Gasteiger partial charge in [0.15, 0.2) is 11.5 Å². The van der Waals surface area contributed by atoms with E-state index in [1.807, 2.05) is 44.2 Å². The predicted octanol–water partition coefficient (Wildman–Crippen LogP) is 4.93. The summed E-state index contributed by atoms with van der Waals surface area (Å²) in [6, 6.07) is 19.4. The summed E-state index contributed by atoms with van der Waals surface area (Å²) in [5.74, 6) is -0.687. The van der Waals surface area contributed by atoms with Crippen molar-refractivity contribution in [3.05, 3.63) is 94.8 Å². The van der Waals surface area contributed by atoms with E-state index >= 15 is 0 Å². The second-order valence-electron chi connectivity index (χ2n) is 9.28. The molecule has 6 nitrogen and oxygen atoms in total. The van der Waals surface area contributed by atoms with Crippen LogP contribution in [0.2, 0.25) is 0 Å². The van der Waals surface area contributed by atoms with Crippen LogP contribution in [-0.2, 0) is 24.1 Å². The molecular formula is C29H30FNO5. The molecule has 0 aromatic heterocycles. The summed E-state index contributed by atoms with van der Waals surface area (Å²) in [6.07, 6.45) is 1.63. The molecule has 3 aromatic carbocycles. The van der Waals surface area contributed by atoms with E-state index in [4.69, 9.17) is 9.47 Å². The molecule has 0 spiro atoms. The van der Waals surface area contributed by atoms with Gasteiger partial charge in [0.2, 0.25) is 0 Å². The number of rotatable bonds is 10. The summed E-state index contributed by atoms with van der Waals surface area (Å²) in [5, 5.41) is 9.43. The number of fused-ring (bicyclic) bond motifs is 1. The van der Waals surface area contributed by atoms with Gasteiger partial charge in [-0.15, -0.1) is 0 Å². The Morgan fingerprint density at radius 2 is 1.81 bits per heavy atom. The topological polar surface area (TPSA) is 76.1 Å². The molecule has 4 rings (SSSR count). The van der Waals surface area contributed by atoms with Crippen molar-refractivity contribution in [2.45, 2.75) is 38.7 Å². The number of nitrogens with zero attached hydrogens (tertiary/aromatic N) is 1. The maximum absolute atomic E-state index is 13.5. The Balaban J connectivity index is 1.58. The van der Waals surface area contributed by atoms with Gasteiger partial charge in [0.05, 0.1) is 6.61 Å². The number of hydrogen-bond acceptors (Lipinski definition) is 4. The smallest absolute Gasteiger partial charge is 0.323 e. The predicted molar refractivity (Wildman–Crippen MR) is 134 cm³/mol. The zero-order chi connectivity index (χ0) is 25.7. The van der Waals surface area contributed by atoms with Crippen molar-refractivity contribution < 1.29 is 28.6 Å². The number of carboxylic acid groups (broad SMARTS) is 1. The molecule has 1 atom stereocenters. The van der Waals surface area contributed by atoms with Gasteiger partial charge in [-0.2, -0.15) is 0 Å². The Bertz CT molecular complexity index is 1230. The molecule has 1 N–H and O–H groups in total. The standard InChI is InChI=1S/C29H30FNO5/c1-3-35-25-16-22(28(34)31(19-26(32)33)14-13-20-7-5-4-6-8-20)15-23-18-29(2,36-27(23)25)17-21-9-11-24(30)12-10-21/h4-12,15-16H,3,13-14,17-19H2,1-2H3,(H,32,33). The highest BCUT2D eigenvalue weighted by molar-refractivity contribution is 5.97. The van der Waals surface area contributed by atoms with Crippen LogP contribution in [0.4, 0.5) is 4.39 Å². The minimum atomic E-state index is -1.07. The lowest BCUT2D eigenvalue weighted by molar-refractivity contribution is -0.137. The zero-order valence-corrected chi connectivity index (χ0v) is 20.5. The first kappa shape index (κ1) is 25.2. The number of carboxylic acids is 1. The van der Waals surface area contributed by atoms with Crippen LogP contribution in [0.5, 0.6) is 11.5 Å². The van der Waals surface area contributed by atoms with Crippen molar-refractivity contribution >= 4 is 11.9 Å². The fourth-order valence-corrected chi connectivity index (χ4v) is 4.62. The van der Waals surface area contributed by atoms with Gasteiger partial charge in [-0.25, -0.2) is 4.39 Å². The molecule has 3 aromatic rings. The van der Waals surface area contributed by atoms with Gasteiger partial charge in [-0.3, -0.25) is 9.59 Å². The van der Waals surface area contributed by atoms with E-state index in [2.05, 4.69) is 0 Å². The third-order valence-corrected chi connectivity index (χ3v) is 6.21. The Labute approximate surface area is 210 Å². The van der Waals surface area contributed by atoms with Crippen molar-refractivity contribution in [2.75, 3.05) is 19.7 Å². The lowest BCUT2D eigenvalue weighted by atomic mass is 9.91. The molecule has 0 saturated heterocycles. The quantitative estimate of drug-likeness (QED) is 0.435. The normalized spacial score (nSPS) is 16.2. The summed E-state index contributed by atoms with van der Waals surface area (Å²) in [4.78, 5) is 26.4. The van der Waals surface area contributed by atoms with Gasteiger partial charge in [-0.05, 0) is 55.7 Å². The Hall–Kier alpha value is -3.87. The monoisotopic (exact) mass is 491 g/mol. The van der Waals surface area contributed by atoms with Crippen LogP contribution in [0.1, 0.15) is 40.9 Å². The summed E-state index contributed by atoms with van der Waals surface area (Å²) >= 11 is 0. The van der Waals surface area contributed by atoms with Crippen LogP contribution in [0.25, 0.3) is 0 Å². The second kappa shape index (κ2) is 10.8. The van der Waals surface area contributed by atoms with Gasteiger partial charge in [0.1, 0.15) is 18.0 Å². The third-order valence-electron chi connectivity index (χ3n) is 6.21. The maximum Gasteiger partial charge on any atom is 0.323 e. The van der Waals surface area contributed by atoms with Crippen LogP contribution in [0, 0.1) is 5.82 Å². The van der Waals surface area contributed by atoms with Crippen LogP contribution in [-0.4, -0.2) is 47.2 Å². The molecule has 7 heteroatoms. The summed E-state index contributed by atoms with van der Waals surface area (Å²) < 4.78 is 25.5. The molecule has 188 valence electrons. The van der Waals surface area contributed by atoms with E-state index in [9.17, 15) is 19.1 Å².